The van der Waals surface area contributed by atoms with Gasteiger partial charge in [0.05, 0.1) is 7.11 Å². The van der Waals surface area contributed by atoms with Gasteiger partial charge in [0.2, 0.25) is 5.91 Å². The molecule has 7 heteroatoms. The Hall–Kier alpha value is -2.83. The van der Waals surface area contributed by atoms with Crippen molar-refractivity contribution >= 4 is 11.8 Å². The molecule has 0 spiro atoms. The summed E-state index contributed by atoms with van der Waals surface area (Å²) in [6.07, 6.45) is 0. The highest BCUT2D eigenvalue weighted by molar-refractivity contribution is 5.96. The van der Waals surface area contributed by atoms with Gasteiger partial charge in [-0.1, -0.05) is 31.1 Å². The van der Waals surface area contributed by atoms with E-state index >= 15 is 0 Å². The van der Waals surface area contributed by atoms with Crippen molar-refractivity contribution in [2.24, 2.45) is 5.92 Å². The molecule has 0 aliphatic heterocycles. The topological polar surface area (TPSA) is 93.5 Å². The first-order valence-corrected chi connectivity index (χ1v) is 8.54. The lowest BCUT2D eigenvalue weighted by Crippen LogP contribution is -2.51. The minimum Gasteiger partial charge on any atom is -0.497 e. The molecule has 0 radical (unpaired) electrons. The second kappa shape index (κ2) is 8.51. The summed E-state index contributed by atoms with van der Waals surface area (Å²) < 4.78 is 10.5. The smallest absolute Gasteiger partial charge is 0.274 e. The lowest BCUT2D eigenvalue weighted by molar-refractivity contribution is -0.124. The second-order valence-electron chi connectivity index (χ2n) is 6.67. The average molecular weight is 359 g/mol. The molecule has 0 unspecified atom stereocenters. The molecule has 26 heavy (non-hydrogen) atoms. The molecule has 0 aliphatic carbocycles. The first-order chi connectivity index (χ1) is 12.3. The Morgan fingerprint density at radius 1 is 1.12 bits per heavy atom. The molecular formula is C19H25N3O4. The van der Waals surface area contributed by atoms with Gasteiger partial charge in [-0.05, 0) is 31.9 Å². The van der Waals surface area contributed by atoms with Gasteiger partial charge < -0.3 is 19.9 Å². The molecule has 1 aromatic carbocycles. The molecule has 1 heterocycles. The van der Waals surface area contributed by atoms with E-state index in [1.165, 1.54) is 0 Å². The molecule has 0 fully saturated rings. The van der Waals surface area contributed by atoms with Crippen LogP contribution in [-0.2, 0) is 4.79 Å². The van der Waals surface area contributed by atoms with Crippen molar-refractivity contribution in [3.8, 4) is 17.1 Å². The Morgan fingerprint density at radius 3 is 2.46 bits per heavy atom. The summed E-state index contributed by atoms with van der Waals surface area (Å²) in [7, 11) is 1.58. The van der Waals surface area contributed by atoms with Crippen LogP contribution in [0.3, 0.4) is 0 Å². The summed E-state index contributed by atoms with van der Waals surface area (Å²) >= 11 is 0. The highest BCUT2D eigenvalue weighted by atomic mass is 16.5. The second-order valence-corrected chi connectivity index (χ2v) is 6.67. The van der Waals surface area contributed by atoms with Crippen LogP contribution in [-0.4, -0.2) is 36.2 Å². The fraction of sp³-hybridized carbons (Fsp3) is 0.421. The number of benzene rings is 1. The van der Waals surface area contributed by atoms with Crippen molar-refractivity contribution in [2.45, 2.75) is 39.8 Å². The summed E-state index contributed by atoms with van der Waals surface area (Å²) in [5.74, 6) is 0.375. The molecule has 0 aliphatic rings. The number of aromatic nitrogens is 1. The van der Waals surface area contributed by atoms with Gasteiger partial charge in [-0.3, -0.25) is 9.59 Å². The molecule has 0 saturated heterocycles. The molecule has 2 amide bonds. The van der Waals surface area contributed by atoms with Gasteiger partial charge in [-0.15, -0.1) is 0 Å². The maximum Gasteiger partial charge on any atom is 0.274 e. The van der Waals surface area contributed by atoms with Gasteiger partial charge in [0.15, 0.2) is 11.5 Å². The summed E-state index contributed by atoms with van der Waals surface area (Å²) in [5, 5.41) is 9.36. The standard InChI is InChI=1S/C19H25N3O4/c1-11(2)17(19(24)20-12(3)4)21-18(23)15-10-16(26-22-15)13-7-6-8-14(9-13)25-5/h6-12,17H,1-5H3,(H,20,24)(H,21,23)/t17-/m1/s1. The quantitative estimate of drug-likeness (QED) is 0.793. The van der Waals surface area contributed by atoms with Gasteiger partial charge in [0, 0.05) is 17.7 Å². The van der Waals surface area contributed by atoms with Crippen molar-refractivity contribution in [1.82, 2.24) is 15.8 Å². The lowest BCUT2D eigenvalue weighted by atomic mass is 10.0. The maximum atomic E-state index is 12.5. The number of hydrogen-bond acceptors (Lipinski definition) is 5. The predicted octanol–water partition coefficient (Wildman–Crippen LogP) is 2.63. The molecule has 2 aromatic rings. The number of carbonyl (C=O) groups is 2. The van der Waals surface area contributed by atoms with E-state index in [4.69, 9.17) is 9.26 Å². The van der Waals surface area contributed by atoms with Crippen LogP contribution in [0.25, 0.3) is 11.3 Å². The van der Waals surface area contributed by atoms with Gasteiger partial charge in [0.25, 0.3) is 5.91 Å². The van der Waals surface area contributed by atoms with Crippen LogP contribution < -0.4 is 15.4 Å². The molecule has 140 valence electrons. The molecule has 7 nitrogen and oxygen atoms in total. The van der Waals surface area contributed by atoms with E-state index in [9.17, 15) is 9.59 Å². The third kappa shape index (κ3) is 4.84. The van der Waals surface area contributed by atoms with Gasteiger partial charge in [-0.25, -0.2) is 0 Å². The van der Waals surface area contributed by atoms with Crippen LogP contribution in [0.2, 0.25) is 0 Å². The number of methoxy groups -OCH3 is 1. The van der Waals surface area contributed by atoms with Gasteiger partial charge >= 0.3 is 0 Å². The SMILES string of the molecule is COc1cccc(-c2cc(C(=O)N[C@@H](C(=O)NC(C)C)C(C)C)no2)c1. The van der Waals surface area contributed by atoms with E-state index in [0.29, 0.717) is 11.5 Å². The minimum atomic E-state index is -0.651. The number of amides is 2. The van der Waals surface area contributed by atoms with Crippen molar-refractivity contribution in [1.29, 1.82) is 0 Å². The molecular weight excluding hydrogens is 334 g/mol. The maximum absolute atomic E-state index is 12.5. The van der Waals surface area contributed by atoms with Crippen LogP contribution in [0.15, 0.2) is 34.9 Å². The third-order valence-electron chi connectivity index (χ3n) is 3.76. The van der Waals surface area contributed by atoms with Crippen molar-refractivity contribution in [3.05, 3.63) is 36.0 Å². The van der Waals surface area contributed by atoms with E-state index in [1.807, 2.05) is 45.9 Å². The van der Waals surface area contributed by atoms with Crippen LogP contribution in [0.4, 0.5) is 0 Å². The van der Waals surface area contributed by atoms with Gasteiger partial charge in [-0.2, -0.15) is 0 Å². The van der Waals surface area contributed by atoms with E-state index < -0.39 is 11.9 Å². The van der Waals surface area contributed by atoms with E-state index in [0.717, 1.165) is 5.56 Å². The number of rotatable bonds is 7. The zero-order valence-corrected chi connectivity index (χ0v) is 15.7. The number of hydrogen-bond donors (Lipinski definition) is 2. The minimum absolute atomic E-state index is 0.00707. The molecule has 2 rings (SSSR count). The van der Waals surface area contributed by atoms with E-state index in [2.05, 4.69) is 15.8 Å². The predicted molar refractivity (Wildman–Crippen MR) is 97.9 cm³/mol. The Labute approximate surface area is 153 Å². The number of nitrogens with zero attached hydrogens (tertiary/aromatic N) is 1. The van der Waals surface area contributed by atoms with Crippen LogP contribution in [0.5, 0.6) is 5.75 Å². The summed E-state index contributed by atoms with van der Waals surface area (Å²) in [6, 6.07) is 8.14. The Kier molecular flexibility index (Phi) is 6.38. The zero-order valence-electron chi connectivity index (χ0n) is 15.7. The normalized spacial score (nSPS) is 12.1. The first kappa shape index (κ1) is 19.5. The fourth-order valence-corrected chi connectivity index (χ4v) is 2.42. The van der Waals surface area contributed by atoms with Crippen molar-refractivity contribution in [3.63, 3.8) is 0 Å². The Morgan fingerprint density at radius 2 is 1.85 bits per heavy atom. The Bertz CT molecular complexity index is 768. The molecule has 0 saturated carbocycles. The number of carbonyl (C=O) groups excluding carboxylic acids is 2. The third-order valence-corrected chi connectivity index (χ3v) is 3.76. The lowest BCUT2D eigenvalue weighted by Gasteiger charge is -2.22. The molecule has 1 aromatic heterocycles. The van der Waals surface area contributed by atoms with Crippen molar-refractivity contribution < 1.29 is 18.8 Å². The molecule has 1 atom stereocenters. The summed E-state index contributed by atoms with van der Waals surface area (Å²) in [4.78, 5) is 24.8. The highest BCUT2D eigenvalue weighted by Crippen LogP contribution is 2.24. The van der Waals surface area contributed by atoms with Crippen LogP contribution in [0.1, 0.15) is 38.2 Å². The fourth-order valence-electron chi connectivity index (χ4n) is 2.42. The van der Waals surface area contributed by atoms with E-state index in [-0.39, 0.29) is 23.6 Å². The van der Waals surface area contributed by atoms with Crippen molar-refractivity contribution in [2.75, 3.05) is 7.11 Å². The molecule has 2 N–H and O–H groups in total. The van der Waals surface area contributed by atoms with Crippen LogP contribution >= 0.6 is 0 Å². The first-order valence-electron chi connectivity index (χ1n) is 8.54. The average Bonchev–Trinajstić information content (AvgIpc) is 3.08. The summed E-state index contributed by atoms with van der Waals surface area (Å²) in [6.45, 7) is 7.48. The Balaban J connectivity index is 2.14. The molecule has 0 bridgehead atoms. The largest absolute Gasteiger partial charge is 0.497 e. The highest BCUT2D eigenvalue weighted by Gasteiger charge is 2.26. The van der Waals surface area contributed by atoms with Gasteiger partial charge in [0.1, 0.15) is 11.8 Å². The van der Waals surface area contributed by atoms with E-state index in [1.54, 1.807) is 19.2 Å². The summed E-state index contributed by atoms with van der Waals surface area (Å²) in [5.41, 5.74) is 0.861. The zero-order chi connectivity index (χ0) is 19.3. The monoisotopic (exact) mass is 359 g/mol. The number of ether oxygens (including phenoxy) is 1. The number of nitrogens with one attached hydrogen (secondary N) is 2. The van der Waals surface area contributed by atoms with Crippen LogP contribution in [0, 0.1) is 5.92 Å².